The Kier molecular flexibility index (Phi) is 3.50. The van der Waals surface area contributed by atoms with E-state index in [1.165, 1.54) is 17.7 Å². The molecule has 1 aromatic carbocycles. The van der Waals surface area contributed by atoms with E-state index in [1.807, 2.05) is 6.92 Å². The Bertz CT molecular complexity index is 743. The molecule has 19 heavy (non-hydrogen) atoms. The second-order valence-electron chi connectivity index (χ2n) is 4.23. The van der Waals surface area contributed by atoms with Crippen LogP contribution in [0.1, 0.15) is 23.7 Å². The third-order valence-electron chi connectivity index (χ3n) is 2.92. The molecule has 1 heterocycles. The zero-order chi connectivity index (χ0) is 14.0. The Morgan fingerprint density at radius 3 is 2.74 bits per heavy atom. The molecule has 0 saturated carbocycles. The fourth-order valence-corrected chi connectivity index (χ4v) is 1.97. The number of carbonyl (C=O) groups is 1. The molecule has 1 aromatic heterocycles. The smallest absolute Gasteiger partial charge is 0.328 e. The van der Waals surface area contributed by atoms with Gasteiger partial charge in [-0.1, -0.05) is 6.92 Å². The SMILES string of the molecule is CCCn1c(=O)[nH]c2cc(C(=O)NC)ccc2c1=O. The van der Waals surface area contributed by atoms with Gasteiger partial charge in [0.15, 0.2) is 0 Å². The minimum absolute atomic E-state index is 0.263. The number of carbonyl (C=O) groups excluding carboxylic acids is 1. The summed E-state index contributed by atoms with van der Waals surface area (Å²) in [7, 11) is 1.52. The van der Waals surface area contributed by atoms with Crippen LogP contribution >= 0.6 is 0 Å². The largest absolute Gasteiger partial charge is 0.355 e. The molecular formula is C13H15N3O3. The van der Waals surface area contributed by atoms with Crippen LogP contribution in [0.2, 0.25) is 0 Å². The average Bonchev–Trinajstić information content (AvgIpc) is 2.42. The van der Waals surface area contributed by atoms with E-state index in [2.05, 4.69) is 10.3 Å². The van der Waals surface area contributed by atoms with Gasteiger partial charge in [0.1, 0.15) is 0 Å². The molecule has 0 atom stereocenters. The standard InChI is InChI=1S/C13H15N3O3/c1-3-6-16-12(18)9-5-4-8(11(17)14-2)7-10(9)15-13(16)19/h4-5,7H,3,6H2,1-2H3,(H,14,17)(H,15,19). The molecule has 2 rings (SSSR count). The Morgan fingerprint density at radius 1 is 1.37 bits per heavy atom. The second kappa shape index (κ2) is 5.09. The van der Waals surface area contributed by atoms with Crippen LogP contribution in [-0.4, -0.2) is 22.5 Å². The maximum absolute atomic E-state index is 12.1. The molecule has 0 unspecified atom stereocenters. The van der Waals surface area contributed by atoms with Crippen molar-refractivity contribution in [2.45, 2.75) is 19.9 Å². The lowest BCUT2D eigenvalue weighted by Gasteiger charge is -2.06. The predicted octanol–water partition coefficient (Wildman–Crippen LogP) is 0.459. The molecule has 0 saturated heterocycles. The van der Waals surface area contributed by atoms with Gasteiger partial charge < -0.3 is 10.3 Å². The van der Waals surface area contributed by atoms with Crippen LogP contribution in [0.15, 0.2) is 27.8 Å². The van der Waals surface area contributed by atoms with Crippen molar-refractivity contribution >= 4 is 16.8 Å². The van der Waals surface area contributed by atoms with Crippen molar-refractivity contribution in [3.63, 3.8) is 0 Å². The van der Waals surface area contributed by atoms with Crippen molar-refractivity contribution in [2.75, 3.05) is 7.05 Å². The van der Waals surface area contributed by atoms with Crippen molar-refractivity contribution in [3.8, 4) is 0 Å². The van der Waals surface area contributed by atoms with E-state index < -0.39 is 5.69 Å². The third-order valence-corrected chi connectivity index (χ3v) is 2.92. The summed E-state index contributed by atoms with van der Waals surface area (Å²) in [5.74, 6) is -0.263. The van der Waals surface area contributed by atoms with Gasteiger partial charge in [-0.3, -0.25) is 14.2 Å². The van der Waals surface area contributed by atoms with E-state index in [-0.39, 0.29) is 11.5 Å². The molecule has 100 valence electrons. The molecular weight excluding hydrogens is 246 g/mol. The lowest BCUT2D eigenvalue weighted by Crippen LogP contribution is -2.35. The quantitative estimate of drug-likeness (QED) is 0.841. The fraction of sp³-hybridized carbons (Fsp3) is 0.308. The van der Waals surface area contributed by atoms with Gasteiger partial charge in [-0.25, -0.2) is 4.79 Å². The molecule has 0 aliphatic carbocycles. The van der Waals surface area contributed by atoms with Gasteiger partial charge in [-0.15, -0.1) is 0 Å². The molecule has 0 bridgehead atoms. The van der Waals surface area contributed by atoms with Crippen LogP contribution in [0.25, 0.3) is 10.9 Å². The van der Waals surface area contributed by atoms with E-state index in [0.29, 0.717) is 29.4 Å². The Balaban J connectivity index is 2.71. The van der Waals surface area contributed by atoms with Crippen molar-refractivity contribution in [1.29, 1.82) is 0 Å². The number of aromatic amines is 1. The zero-order valence-electron chi connectivity index (χ0n) is 10.8. The highest BCUT2D eigenvalue weighted by molar-refractivity contribution is 5.97. The van der Waals surface area contributed by atoms with E-state index >= 15 is 0 Å². The third kappa shape index (κ3) is 2.29. The lowest BCUT2D eigenvalue weighted by atomic mass is 10.1. The maximum atomic E-state index is 12.1. The monoisotopic (exact) mass is 261 g/mol. The van der Waals surface area contributed by atoms with Crippen molar-refractivity contribution in [1.82, 2.24) is 14.9 Å². The number of hydrogen-bond donors (Lipinski definition) is 2. The first-order valence-corrected chi connectivity index (χ1v) is 6.07. The molecule has 0 fully saturated rings. The first kappa shape index (κ1) is 13.1. The van der Waals surface area contributed by atoms with E-state index in [9.17, 15) is 14.4 Å². The summed E-state index contributed by atoms with van der Waals surface area (Å²) in [5, 5.41) is 2.90. The summed E-state index contributed by atoms with van der Waals surface area (Å²) >= 11 is 0. The minimum Gasteiger partial charge on any atom is -0.355 e. The summed E-state index contributed by atoms with van der Waals surface area (Å²) in [6.07, 6.45) is 0.699. The zero-order valence-corrected chi connectivity index (χ0v) is 10.8. The number of fused-ring (bicyclic) bond motifs is 1. The van der Waals surface area contributed by atoms with Gasteiger partial charge in [-0.2, -0.15) is 0 Å². The van der Waals surface area contributed by atoms with Crippen molar-refractivity contribution < 1.29 is 4.79 Å². The molecule has 0 aliphatic rings. The maximum Gasteiger partial charge on any atom is 0.328 e. The van der Waals surface area contributed by atoms with Crippen LogP contribution in [0.5, 0.6) is 0 Å². The molecule has 0 aliphatic heterocycles. The summed E-state index contributed by atoms with van der Waals surface area (Å²) in [6, 6.07) is 4.63. The van der Waals surface area contributed by atoms with Crippen LogP contribution in [-0.2, 0) is 6.54 Å². The molecule has 2 aromatic rings. The summed E-state index contributed by atoms with van der Waals surface area (Å²) in [6.45, 7) is 2.27. The van der Waals surface area contributed by atoms with Gasteiger partial charge in [-0.05, 0) is 24.6 Å². The number of benzene rings is 1. The Morgan fingerprint density at radius 2 is 2.11 bits per heavy atom. The number of nitrogens with one attached hydrogen (secondary N) is 2. The van der Waals surface area contributed by atoms with E-state index in [0.717, 1.165) is 0 Å². The molecule has 6 heteroatoms. The Labute approximate surface area is 109 Å². The van der Waals surface area contributed by atoms with Gasteiger partial charge in [0, 0.05) is 19.2 Å². The van der Waals surface area contributed by atoms with Gasteiger partial charge in [0.05, 0.1) is 10.9 Å². The highest BCUT2D eigenvalue weighted by atomic mass is 16.2. The normalized spacial score (nSPS) is 10.6. The summed E-state index contributed by atoms with van der Waals surface area (Å²) < 4.78 is 1.17. The fourth-order valence-electron chi connectivity index (χ4n) is 1.97. The van der Waals surface area contributed by atoms with E-state index in [4.69, 9.17) is 0 Å². The summed E-state index contributed by atoms with van der Waals surface area (Å²) in [5.41, 5.74) is -0.000733. The highest BCUT2D eigenvalue weighted by Gasteiger charge is 2.09. The molecule has 2 N–H and O–H groups in total. The van der Waals surface area contributed by atoms with Gasteiger partial charge >= 0.3 is 5.69 Å². The topological polar surface area (TPSA) is 84.0 Å². The first-order valence-electron chi connectivity index (χ1n) is 6.07. The van der Waals surface area contributed by atoms with Crippen LogP contribution < -0.4 is 16.6 Å². The highest BCUT2D eigenvalue weighted by Crippen LogP contribution is 2.09. The van der Waals surface area contributed by atoms with Crippen LogP contribution in [0.3, 0.4) is 0 Å². The van der Waals surface area contributed by atoms with Crippen LogP contribution in [0, 0.1) is 0 Å². The molecule has 1 amide bonds. The number of hydrogen-bond acceptors (Lipinski definition) is 3. The number of nitrogens with zero attached hydrogens (tertiary/aromatic N) is 1. The van der Waals surface area contributed by atoms with Crippen LogP contribution in [0.4, 0.5) is 0 Å². The minimum atomic E-state index is -0.451. The van der Waals surface area contributed by atoms with Crippen molar-refractivity contribution in [3.05, 3.63) is 44.6 Å². The summed E-state index contributed by atoms with van der Waals surface area (Å²) in [4.78, 5) is 38.1. The molecule has 0 spiro atoms. The number of amides is 1. The molecule has 6 nitrogen and oxygen atoms in total. The van der Waals surface area contributed by atoms with Gasteiger partial charge in [0.2, 0.25) is 0 Å². The Hall–Kier alpha value is -2.37. The number of aromatic nitrogens is 2. The number of rotatable bonds is 3. The van der Waals surface area contributed by atoms with Crippen molar-refractivity contribution in [2.24, 2.45) is 0 Å². The number of H-pyrrole nitrogens is 1. The lowest BCUT2D eigenvalue weighted by molar-refractivity contribution is 0.0963. The van der Waals surface area contributed by atoms with Gasteiger partial charge in [0.25, 0.3) is 11.5 Å². The molecule has 0 radical (unpaired) electrons. The second-order valence-corrected chi connectivity index (χ2v) is 4.23. The predicted molar refractivity (Wildman–Crippen MR) is 72.5 cm³/mol. The first-order chi connectivity index (χ1) is 9.08. The van der Waals surface area contributed by atoms with E-state index in [1.54, 1.807) is 12.1 Å². The average molecular weight is 261 g/mol.